The van der Waals surface area contributed by atoms with Crippen LogP contribution in [-0.4, -0.2) is 32.2 Å². The number of nitrogens with one attached hydrogen (secondary N) is 1. The Morgan fingerprint density at radius 3 is 2.60 bits per heavy atom. The SMILES string of the molecule is CCC(C#N)C(=O)Nc1ccc(N2CCOCC2)cc1. The second-order valence-electron chi connectivity index (χ2n) is 4.73. The lowest BCUT2D eigenvalue weighted by atomic mass is 10.1. The number of amides is 1. The molecule has 1 heterocycles. The Morgan fingerprint density at radius 2 is 2.05 bits per heavy atom. The number of anilines is 2. The first kappa shape index (κ1) is 14.4. The first-order chi connectivity index (χ1) is 9.74. The summed E-state index contributed by atoms with van der Waals surface area (Å²) in [6.07, 6.45) is 0.522. The lowest BCUT2D eigenvalue weighted by molar-refractivity contribution is -0.118. The van der Waals surface area contributed by atoms with Crippen LogP contribution in [0.2, 0.25) is 0 Å². The third-order valence-corrected chi connectivity index (χ3v) is 3.39. The Hall–Kier alpha value is -2.06. The number of hydrogen-bond acceptors (Lipinski definition) is 4. The molecular formula is C15H19N3O2. The number of hydrogen-bond donors (Lipinski definition) is 1. The number of nitriles is 1. The number of benzene rings is 1. The molecule has 1 unspecified atom stereocenters. The van der Waals surface area contributed by atoms with E-state index in [9.17, 15) is 4.79 Å². The van der Waals surface area contributed by atoms with E-state index in [-0.39, 0.29) is 5.91 Å². The van der Waals surface area contributed by atoms with Crippen LogP contribution in [-0.2, 0) is 9.53 Å². The number of carbonyl (C=O) groups is 1. The van der Waals surface area contributed by atoms with Gasteiger partial charge in [0.1, 0.15) is 5.92 Å². The van der Waals surface area contributed by atoms with E-state index in [1.165, 1.54) is 0 Å². The third-order valence-electron chi connectivity index (χ3n) is 3.39. The first-order valence-electron chi connectivity index (χ1n) is 6.88. The van der Waals surface area contributed by atoms with Crippen LogP contribution >= 0.6 is 0 Å². The van der Waals surface area contributed by atoms with Crippen molar-refractivity contribution >= 4 is 17.3 Å². The second kappa shape index (κ2) is 6.92. The third kappa shape index (κ3) is 3.49. The van der Waals surface area contributed by atoms with Crippen molar-refractivity contribution in [2.45, 2.75) is 13.3 Å². The highest BCUT2D eigenvalue weighted by atomic mass is 16.5. The summed E-state index contributed by atoms with van der Waals surface area (Å²) in [6, 6.07) is 9.70. The monoisotopic (exact) mass is 273 g/mol. The van der Waals surface area contributed by atoms with Gasteiger partial charge >= 0.3 is 0 Å². The van der Waals surface area contributed by atoms with E-state index in [1.807, 2.05) is 37.3 Å². The van der Waals surface area contributed by atoms with E-state index >= 15 is 0 Å². The van der Waals surface area contributed by atoms with Crippen molar-refractivity contribution in [3.8, 4) is 6.07 Å². The van der Waals surface area contributed by atoms with Gasteiger partial charge in [-0.1, -0.05) is 6.92 Å². The van der Waals surface area contributed by atoms with Gasteiger partial charge in [-0.3, -0.25) is 4.79 Å². The van der Waals surface area contributed by atoms with Crippen molar-refractivity contribution in [3.63, 3.8) is 0 Å². The Bertz CT molecular complexity index is 487. The fourth-order valence-electron chi connectivity index (χ4n) is 2.14. The van der Waals surface area contributed by atoms with Gasteiger partial charge in [0.15, 0.2) is 0 Å². The molecule has 106 valence electrons. The average molecular weight is 273 g/mol. The molecule has 1 saturated heterocycles. The maximum absolute atomic E-state index is 11.8. The molecule has 0 aromatic heterocycles. The summed E-state index contributed by atoms with van der Waals surface area (Å²) in [5.74, 6) is -0.831. The zero-order valence-electron chi connectivity index (χ0n) is 11.6. The molecule has 1 aromatic carbocycles. The molecule has 1 aromatic rings. The molecule has 0 saturated carbocycles. The van der Waals surface area contributed by atoms with Crippen molar-refractivity contribution in [3.05, 3.63) is 24.3 Å². The van der Waals surface area contributed by atoms with Crippen LogP contribution < -0.4 is 10.2 Å². The highest BCUT2D eigenvalue weighted by Gasteiger charge is 2.16. The van der Waals surface area contributed by atoms with Gasteiger partial charge in [-0.2, -0.15) is 5.26 Å². The highest BCUT2D eigenvalue weighted by Crippen LogP contribution is 2.19. The molecule has 1 fully saturated rings. The van der Waals surface area contributed by atoms with Gasteiger partial charge in [-0.05, 0) is 30.7 Å². The molecule has 2 rings (SSSR count). The van der Waals surface area contributed by atoms with Gasteiger partial charge in [0.2, 0.25) is 5.91 Å². The molecule has 0 radical (unpaired) electrons. The van der Waals surface area contributed by atoms with Crippen LogP contribution in [0.5, 0.6) is 0 Å². The predicted molar refractivity (Wildman–Crippen MR) is 77.5 cm³/mol. The van der Waals surface area contributed by atoms with Crippen LogP contribution in [0.15, 0.2) is 24.3 Å². The molecular weight excluding hydrogens is 254 g/mol. The van der Waals surface area contributed by atoms with Gasteiger partial charge in [0, 0.05) is 24.5 Å². The van der Waals surface area contributed by atoms with Crippen LogP contribution in [0.1, 0.15) is 13.3 Å². The van der Waals surface area contributed by atoms with E-state index in [0.717, 1.165) is 37.7 Å². The van der Waals surface area contributed by atoms with Gasteiger partial charge < -0.3 is 15.0 Å². The Kier molecular flexibility index (Phi) is 4.97. The van der Waals surface area contributed by atoms with Crippen molar-refractivity contribution in [1.29, 1.82) is 5.26 Å². The number of nitrogens with zero attached hydrogens (tertiary/aromatic N) is 2. The molecule has 1 aliphatic rings. The minimum atomic E-state index is -0.589. The lowest BCUT2D eigenvalue weighted by Gasteiger charge is -2.28. The minimum absolute atomic E-state index is 0.242. The lowest BCUT2D eigenvalue weighted by Crippen LogP contribution is -2.36. The van der Waals surface area contributed by atoms with E-state index in [1.54, 1.807) is 0 Å². The molecule has 1 atom stereocenters. The molecule has 0 spiro atoms. The normalized spacial score (nSPS) is 16.3. The zero-order chi connectivity index (χ0) is 14.4. The summed E-state index contributed by atoms with van der Waals surface area (Å²) in [4.78, 5) is 14.1. The molecule has 1 amide bonds. The maximum Gasteiger partial charge on any atom is 0.241 e. The molecule has 0 aliphatic carbocycles. The maximum atomic E-state index is 11.8. The standard InChI is InChI=1S/C15H19N3O2/c1-2-12(11-16)15(19)17-13-3-5-14(6-4-13)18-7-9-20-10-8-18/h3-6,12H,2,7-10H2,1H3,(H,17,19). The summed E-state index contributed by atoms with van der Waals surface area (Å²) < 4.78 is 5.32. The molecule has 5 heteroatoms. The van der Waals surface area contributed by atoms with Gasteiger partial charge in [0.25, 0.3) is 0 Å². The number of ether oxygens (including phenoxy) is 1. The molecule has 0 bridgehead atoms. The topological polar surface area (TPSA) is 65.4 Å². The van der Waals surface area contributed by atoms with E-state index < -0.39 is 5.92 Å². The largest absolute Gasteiger partial charge is 0.378 e. The number of rotatable bonds is 4. The first-order valence-corrected chi connectivity index (χ1v) is 6.88. The quantitative estimate of drug-likeness (QED) is 0.911. The van der Waals surface area contributed by atoms with Crippen LogP contribution in [0.25, 0.3) is 0 Å². The van der Waals surface area contributed by atoms with Crippen molar-refractivity contribution < 1.29 is 9.53 Å². The number of carbonyl (C=O) groups excluding carboxylic acids is 1. The van der Waals surface area contributed by atoms with Crippen LogP contribution in [0.3, 0.4) is 0 Å². The van der Waals surface area contributed by atoms with E-state index in [2.05, 4.69) is 10.2 Å². The minimum Gasteiger partial charge on any atom is -0.378 e. The summed E-state index contributed by atoms with van der Waals surface area (Å²) in [6.45, 7) is 5.10. The predicted octanol–water partition coefficient (Wildman–Crippen LogP) is 2.01. The fraction of sp³-hybridized carbons (Fsp3) is 0.467. The van der Waals surface area contributed by atoms with E-state index in [0.29, 0.717) is 6.42 Å². The smallest absolute Gasteiger partial charge is 0.241 e. The average Bonchev–Trinajstić information content (AvgIpc) is 2.50. The molecule has 1 aliphatic heterocycles. The Balaban J connectivity index is 1.98. The zero-order valence-corrected chi connectivity index (χ0v) is 11.6. The molecule has 5 nitrogen and oxygen atoms in total. The highest BCUT2D eigenvalue weighted by molar-refractivity contribution is 5.94. The summed E-state index contributed by atoms with van der Waals surface area (Å²) in [7, 11) is 0. The Labute approximate surface area is 119 Å². The molecule has 20 heavy (non-hydrogen) atoms. The van der Waals surface area contributed by atoms with Crippen LogP contribution in [0.4, 0.5) is 11.4 Å². The Morgan fingerprint density at radius 1 is 1.40 bits per heavy atom. The van der Waals surface area contributed by atoms with Crippen LogP contribution in [0, 0.1) is 17.2 Å². The van der Waals surface area contributed by atoms with Gasteiger partial charge in [0.05, 0.1) is 19.3 Å². The molecule has 1 N–H and O–H groups in total. The second-order valence-corrected chi connectivity index (χ2v) is 4.73. The number of morpholine rings is 1. The van der Waals surface area contributed by atoms with Gasteiger partial charge in [-0.15, -0.1) is 0 Å². The van der Waals surface area contributed by atoms with Crippen molar-refractivity contribution in [2.24, 2.45) is 5.92 Å². The van der Waals surface area contributed by atoms with Gasteiger partial charge in [-0.25, -0.2) is 0 Å². The summed E-state index contributed by atoms with van der Waals surface area (Å²) >= 11 is 0. The van der Waals surface area contributed by atoms with Crippen molar-refractivity contribution in [1.82, 2.24) is 0 Å². The summed E-state index contributed by atoms with van der Waals surface area (Å²) in [5, 5.41) is 11.6. The van der Waals surface area contributed by atoms with E-state index in [4.69, 9.17) is 10.00 Å². The fourth-order valence-corrected chi connectivity index (χ4v) is 2.14. The summed E-state index contributed by atoms with van der Waals surface area (Å²) in [5.41, 5.74) is 1.85. The van der Waals surface area contributed by atoms with Crippen molar-refractivity contribution in [2.75, 3.05) is 36.5 Å².